The Morgan fingerprint density at radius 1 is 0.882 bits per heavy atom. The van der Waals surface area contributed by atoms with Crippen molar-refractivity contribution in [2.24, 2.45) is 0 Å². The van der Waals surface area contributed by atoms with Crippen LogP contribution in [0.1, 0.15) is 30.4 Å². The maximum Gasteiger partial charge on any atom is 0.430 e. The molecule has 6 rings (SSSR count). The first kappa shape index (κ1) is 36.0. The zero-order valence-electron chi connectivity index (χ0n) is 26.3. The molecular weight excluding hydrogens is 711 g/mol. The highest BCUT2D eigenvalue weighted by Crippen LogP contribution is 2.51. The number of likely N-dealkylation sites (tertiary alicyclic amines) is 1. The Balaban J connectivity index is 1.27. The molecule has 0 spiro atoms. The average Bonchev–Trinajstić information content (AvgIpc) is 3.55. The number of nitrogens with zero attached hydrogens (tertiary/aromatic N) is 2. The highest BCUT2D eigenvalue weighted by atomic mass is 32.2. The van der Waals surface area contributed by atoms with Gasteiger partial charge in [0, 0.05) is 31.1 Å². The minimum absolute atomic E-state index is 0.0801. The number of halogens is 7. The molecule has 9 nitrogen and oxygen atoms in total. The molecule has 4 aromatic carbocycles. The van der Waals surface area contributed by atoms with Crippen LogP contribution in [0.5, 0.6) is 0 Å². The molecular formula is C34H28F7N3O6S. The lowest BCUT2D eigenvalue weighted by atomic mass is 9.87. The summed E-state index contributed by atoms with van der Waals surface area (Å²) in [6.07, 6.45) is -12.9. The van der Waals surface area contributed by atoms with Crippen molar-refractivity contribution in [1.29, 1.82) is 0 Å². The predicted octanol–water partition coefficient (Wildman–Crippen LogP) is 5.01. The molecule has 2 atom stereocenters. The minimum atomic E-state index is -6.17. The number of anilines is 2. The largest absolute Gasteiger partial charge is 0.430 e. The third-order valence-electron chi connectivity index (χ3n) is 9.28. The van der Waals surface area contributed by atoms with Crippen LogP contribution in [0.2, 0.25) is 0 Å². The van der Waals surface area contributed by atoms with Crippen molar-refractivity contribution in [2.45, 2.75) is 60.6 Å². The maximum atomic E-state index is 14.0. The molecule has 2 N–H and O–H groups in total. The summed E-state index contributed by atoms with van der Waals surface area (Å²) in [6.45, 7) is 0.272. The highest BCUT2D eigenvalue weighted by molar-refractivity contribution is 7.92. The second-order valence-corrected chi connectivity index (χ2v) is 14.3. The lowest BCUT2D eigenvalue weighted by Crippen LogP contribution is -2.54. The fourth-order valence-corrected chi connectivity index (χ4v) is 8.35. The van der Waals surface area contributed by atoms with E-state index in [0.29, 0.717) is 24.1 Å². The van der Waals surface area contributed by atoms with Gasteiger partial charge in [-0.05, 0) is 60.7 Å². The first-order chi connectivity index (χ1) is 23.8. The number of aliphatic hydroxyl groups is 1. The summed E-state index contributed by atoms with van der Waals surface area (Å²) in [5, 5.41) is 13.0. The molecule has 1 fully saturated rings. The minimum Gasteiger partial charge on any atom is -0.377 e. The topological polar surface area (TPSA) is 124 Å². The van der Waals surface area contributed by atoms with E-state index in [4.69, 9.17) is 0 Å². The van der Waals surface area contributed by atoms with Crippen molar-refractivity contribution in [3.8, 4) is 11.1 Å². The standard InChI is InChI=1S/C34H28F7N3O6S/c35-22-8-11-25(12-9-22)51(49,50)44-24(10-6-20-16-21(7-13-26(20)44)32(48,33(36,37)38)34(39,40)41)17-27(45)43-15-14-23(18-43)42-29-28(30(46)31(29)47)19-4-2-1-3-5-19/h1-5,7-9,11-13,16,23-24,42,48H,6,10,14-15,17-18H2/t23?,24-/m0/s1. The van der Waals surface area contributed by atoms with Gasteiger partial charge < -0.3 is 15.3 Å². The van der Waals surface area contributed by atoms with Crippen LogP contribution in [0, 0.1) is 5.82 Å². The summed E-state index contributed by atoms with van der Waals surface area (Å²) < 4.78 is 124. The number of alkyl halides is 6. The number of hydrogen-bond donors (Lipinski definition) is 2. The third kappa shape index (κ3) is 6.26. The number of hydrogen-bond acceptors (Lipinski definition) is 7. The second-order valence-electron chi connectivity index (χ2n) is 12.4. The second kappa shape index (κ2) is 12.8. The van der Waals surface area contributed by atoms with Crippen LogP contribution in [0.3, 0.4) is 0 Å². The zero-order chi connectivity index (χ0) is 37.1. The van der Waals surface area contributed by atoms with Gasteiger partial charge >= 0.3 is 12.4 Å². The van der Waals surface area contributed by atoms with E-state index in [1.54, 1.807) is 30.3 Å². The van der Waals surface area contributed by atoms with Gasteiger partial charge in [0.25, 0.3) is 15.6 Å². The Morgan fingerprint density at radius 2 is 1.53 bits per heavy atom. The summed E-state index contributed by atoms with van der Waals surface area (Å²) in [7, 11) is -4.68. The highest BCUT2D eigenvalue weighted by Gasteiger charge is 2.71. The van der Waals surface area contributed by atoms with Gasteiger partial charge in [0.2, 0.25) is 16.8 Å². The number of sulfonamides is 1. The van der Waals surface area contributed by atoms with Crippen LogP contribution < -0.4 is 20.5 Å². The van der Waals surface area contributed by atoms with E-state index < -0.39 is 79.5 Å². The quantitative estimate of drug-likeness (QED) is 0.192. The van der Waals surface area contributed by atoms with Crippen LogP contribution in [-0.2, 0) is 26.8 Å². The Morgan fingerprint density at radius 3 is 2.16 bits per heavy atom. The van der Waals surface area contributed by atoms with Gasteiger partial charge in [0.05, 0.1) is 27.9 Å². The first-order valence-electron chi connectivity index (χ1n) is 15.6. The number of carbonyl (C=O) groups is 1. The van der Waals surface area contributed by atoms with E-state index >= 15 is 0 Å². The number of nitrogens with one attached hydrogen (secondary N) is 1. The summed E-state index contributed by atoms with van der Waals surface area (Å²) >= 11 is 0. The molecule has 2 aliphatic rings. The molecule has 1 unspecified atom stereocenters. The molecule has 0 aromatic heterocycles. The Bertz CT molecular complexity index is 2130. The Kier molecular flexibility index (Phi) is 9.03. The summed E-state index contributed by atoms with van der Waals surface area (Å²) in [4.78, 5) is 39.3. The van der Waals surface area contributed by atoms with Crippen LogP contribution in [-0.4, -0.2) is 61.9 Å². The number of benzene rings is 3. The lowest BCUT2D eigenvalue weighted by molar-refractivity contribution is -0.376. The predicted molar refractivity (Wildman–Crippen MR) is 171 cm³/mol. The van der Waals surface area contributed by atoms with Crippen LogP contribution in [0.15, 0.2) is 87.3 Å². The molecule has 0 bridgehead atoms. The number of fused-ring (bicyclic) bond motifs is 1. The van der Waals surface area contributed by atoms with Crippen LogP contribution in [0.25, 0.3) is 11.1 Å². The normalized spacial score (nSPS) is 18.6. The zero-order valence-corrected chi connectivity index (χ0v) is 27.1. The fraction of sp³-hybridized carbons (Fsp3) is 0.324. The number of rotatable bonds is 8. The molecule has 1 amide bonds. The monoisotopic (exact) mass is 739 g/mol. The summed E-state index contributed by atoms with van der Waals surface area (Å²) in [6, 6.07) is 12.0. The van der Waals surface area contributed by atoms with E-state index in [2.05, 4.69) is 5.32 Å². The van der Waals surface area contributed by atoms with Gasteiger partial charge in [-0.1, -0.05) is 42.5 Å². The smallest absolute Gasteiger partial charge is 0.377 e. The van der Waals surface area contributed by atoms with Gasteiger partial charge in [-0.25, -0.2) is 12.8 Å². The Hall–Kier alpha value is -4.77. The van der Waals surface area contributed by atoms with Crippen LogP contribution >= 0.6 is 0 Å². The molecule has 17 heteroatoms. The molecule has 0 saturated carbocycles. The van der Waals surface area contributed by atoms with Gasteiger partial charge in [0.1, 0.15) is 5.82 Å². The van der Waals surface area contributed by atoms with Gasteiger partial charge in [-0.2, -0.15) is 26.3 Å². The number of amides is 1. The van der Waals surface area contributed by atoms with E-state index in [-0.39, 0.29) is 48.4 Å². The van der Waals surface area contributed by atoms with Gasteiger partial charge in [-0.3, -0.25) is 18.7 Å². The molecule has 270 valence electrons. The molecule has 51 heavy (non-hydrogen) atoms. The Labute approximate surface area is 285 Å². The number of carbonyl (C=O) groups excluding carboxylic acids is 1. The van der Waals surface area contributed by atoms with Crippen molar-refractivity contribution in [3.63, 3.8) is 0 Å². The molecule has 2 aliphatic heterocycles. The average molecular weight is 740 g/mol. The van der Waals surface area contributed by atoms with E-state index in [9.17, 15) is 58.6 Å². The summed E-state index contributed by atoms with van der Waals surface area (Å²) in [5.41, 5.74) is -7.86. The first-order valence-corrected chi connectivity index (χ1v) is 17.0. The SMILES string of the molecule is O=C(C[C@@H]1CCc2cc(C(O)(C(F)(F)F)C(F)(F)F)ccc2N1S(=O)(=O)c1ccc(F)cc1)N1CCC(Nc2c(-c3ccccc3)c(=O)c2=O)C1. The van der Waals surface area contributed by atoms with E-state index in [0.717, 1.165) is 34.6 Å². The molecule has 2 heterocycles. The van der Waals surface area contributed by atoms with Crippen molar-refractivity contribution in [3.05, 3.63) is 110 Å². The van der Waals surface area contributed by atoms with Crippen molar-refractivity contribution in [2.75, 3.05) is 22.7 Å². The van der Waals surface area contributed by atoms with E-state index in [1.165, 1.54) is 4.90 Å². The molecule has 0 radical (unpaired) electrons. The van der Waals surface area contributed by atoms with Crippen molar-refractivity contribution in [1.82, 2.24) is 4.90 Å². The van der Waals surface area contributed by atoms with Gasteiger partial charge in [-0.15, -0.1) is 0 Å². The van der Waals surface area contributed by atoms with Crippen LogP contribution in [0.4, 0.5) is 42.1 Å². The van der Waals surface area contributed by atoms with Crippen molar-refractivity contribution < 1.29 is 49.1 Å². The summed E-state index contributed by atoms with van der Waals surface area (Å²) in [5.74, 6) is -1.31. The van der Waals surface area contributed by atoms with Gasteiger partial charge in [0.15, 0.2) is 0 Å². The lowest BCUT2D eigenvalue weighted by Gasteiger charge is -2.39. The van der Waals surface area contributed by atoms with E-state index in [1.807, 2.05) is 0 Å². The molecule has 4 aromatic rings. The fourth-order valence-electron chi connectivity index (χ4n) is 6.63. The third-order valence-corrected chi connectivity index (χ3v) is 11.2. The molecule has 1 saturated heterocycles. The maximum absolute atomic E-state index is 14.0. The number of aryl methyl sites for hydroxylation is 1. The van der Waals surface area contributed by atoms with Crippen molar-refractivity contribution >= 4 is 27.3 Å². The molecule has 0 aliphatic carbocycles.